The van der Waals surface area contributed by atoms with Gasteiger partial charge in [0.05, 0.1) is 10.6 Å². The number of benzene rings is 1. The first-order valence-electron chi connectivity index (χ1n) is 6.20. The number of anilines is 1. The number of nitrogens with zero attached hydrogens (tertiary/aromatic N) is 2. The largest absolute Gasteiger partial charge is 0.363 e. The molecule has 6 nitrogen and oxygen atoms in total. The second-order valence-corrected chi connectivity index (χ2v) is 4.81. The predicted octanol–water partition coefficient (Wildman–Crippen LogP) is 3.68. The Morgan fingerprint density at radius 2 is 2.14 bits per heavy atom. The third-order valence-corrected chi connectivity index (χ3v) is 3.28. The van der Waals surface area contributed by atoms with Crippen molar-refractivity contribution in [3.63, 3.8) is 0 Å². The van der Waals surface area contributed by atoms with Gasteiger partial charge in [0.2, 0.25) is 0 Å². The molecule has 1 aromatic carbocycles. The van der Waals surface area contributed by atoms with Crippen LogP contribution in [-0.4, -0.2) is 16.2 Å². The maximum absolute atomic E-state index is 14.0. The summed E-state index contributed by atoms with van der Waals surface area (Å²) in [6.45, 7) is 1.54. The average Bonchev–Trinajstić information content (AvgIpc) is 3.09. The summed E-state index contributed by atoms with van der Waals surface area (Å²) in [6, 6.07) is 5.66. The molecule has 3 aromatic rings. The SMILES string of the molecule is Cc1onc(-c2c(F)cccc2Cl)c1C(=O)Nc1ccon1. The molecule has 1 N–H and O–H groups in total. The molecule has 0 aliphatic heterocycles. The maximum atomic E-state index is 14.0. The van der Waals surface area contributed by atoms with Gasteiger partial charge >= 0.3 is 0 Å². The van der Waals surface area contributed by atoms with E-state index in [1.807, 2.05) is 0 Å². The van der Waals surface area contributed by atoms with Gasteiger partial charge < -0.3 is 14.4 Å². The molecule has 0 aliphatic carbocycles. The molecule has 112 valence electrons. The monoisotopic (exact) mass is 321 g/mol. The number of hydrogen-bond donors (Lipinski definition) is 1. The standard InChI is InChI=1S/C14H9ClFN3O3/c1-7-11(14(20)17-10-5-6-21-18-10)13(19-22-7)12-8(15)3-2-4-9(12)16/h2-6H,1H3,(H,17,18,20). The fraction of sp³-hybridized carbons (Fsp3) is 0.0714. The number of amides is 1. The first-order chi connectivity index (χ1) is 10.6. The topological polar surface area (TPSA) is 81.2 Å². The van der Waals surface area contributed by atoms with Crippen LogP contribution < -0.4 is 5.32 Å². The number of aryl methyl sites for hydroxylation is 1. The Hall–Kier alpha value is -2.67. The summed E-state index contributed by atoms with van der Waals surface area (Å²) in [5, 5.41) is 9.96. The number of aromatic nitrogens is 2. The highest BCUT2D eigenvalue weighted by Gasteiger charge is 2.25. The summed E-state index contributed by atoms with van der Waals surface area (Å²) < 4.78 is 23.7. The van der Waals surface area contributed by atoms with Crippen molar-refractivity contribution >= 4 is 23.3 Å². The Kier molecular flexibility index (Phi) is 3.64. The predicted molar refractivity (Wildman–Crippen MR) is 76.1 cm³/mol. The Labute approximate surface area is 128 Å². The van der Waals surface area contributed by atoms with Crippen LogP contribution in [0.25, 0.3) is 11.3 Å². The summed E-state index contributed by atoms with van der Waals surface area (Å²) in [5.74, 6) is -0.704. The van der Waals surface area contributed by atoms with Gasteiger partial charge in [0.1, 0.15) is 29.1 Å². The van der Waals surface area contributed by atoms with Gasteiger partial charge in [-0.05, 0) is 19.1 Å². The van der Waals surface area contributed by atoms with E-state index >= 15 is 0 Å². The summed E-state index contributed by atoms with van der Waals surface area (Å²) >= 11 is 6.01. The van der Waals surface area contributed by atoms with Crippen LogP contribution in [0.3, 0.4) is 0 Å². The lowest BCUT2D eigenvalue weighted by Gasteiger charge is -2.05. The molecule has 2 aromatic heterocycles. The van der Waals surface area contributed by atoms with E-state index in [9.17, 15) is 9.18 Å². The van der Waals surface area contributed by atoms with Crippen LogP contribution in [0, 0.1) is 12.7 Å². The van der Waals surface area contributed by atoms with Crippen molar-refractivity contribution in [2.24, 2.45) is 0 Å². The number of carbonyl (C=O) groups excluding carboxylic acids is 1. The molecule has 0 aliphatic rings. The number of rotatable bonds is 3. The molecule has 0 bridgehead atoms. The molecule has 8 heteroatoms. The van der Waals surface area contributed by atoms with Crippen LogP contribution in [0.5, 0.6) is 0 Å². The van der Waals surface area contributed by atoms with Crippen LogP contribution in [0.4, 0.5) is 10.2 Å². The molecule has 0 saturated heterocycles. The highest BCUT2D eigenvalue weighted by Crippen LogP contribution is 2.33. The molecule has 0 unspecified atom stereocenters. The van der Waals surface area contributed by atoms with Gasteiger partial charge in [-0.3, -0.25) is 4.79 Å². The second kappa shape index (κ2) is 5.61. The van der Waals surface area contributed by atoms with Crippen molar-refractivity contribution in [1.82, 2.24) is 10.3 Å². The van der Waals surface area contributed by atoms with E-state index in [4.69, 9.17) is 16.1 Å². The molecule has 0 atom stereocenters. The van der Waals surface area contributed by atoms with Gasteiger partial charge in [0.25, 0.3) is 5.91 Å². The summed E-state index contributed by atoms with van der Waals surface area (Å²) in [5.41, 5.74) is 0.114. The number of halogens is 2. The van der Waals surface area contributed by atoms with E-state index in [2.05, 4.69) is 20.2 Å². The van der Waals surface area contributed by atoms with Crippen LogP contribution in [-0.2, 0) is 0 Å². The van der Waals surface area contributed by atoms with Crippen LogP contribution in [0.1, 0.15) is 16.1 Å². The molecule has 0 saturated carbocycles. The fourth-order valence-electron chi connectivity index (χ4n) is 1.99. The molecule has 0 radical (unpaired) electrons. The Morgan fingerprint density at radius 3 is 2.82 bits per heavy atom. The van der Waals surface area contributed by atoms with E-state index in [0.29, 0.717) is 0 Å². The molecule has 0 spiro atoms. The zero-order valence-electron chi connectivity index (χ0n) is 11.3. The number of hydrogen-bond acceptors (Lipinski definition) is 5. The molecule has 3 rings (SSSR count). The average molecular weight is 322 g/mol. The zero-order valence-corrected chi connectivity index (χ0v) is 12.0. The third-order valence-electron chi connectivity index (χ3n) is 2.97. The quantitative estimate of drug-likeness (QED) is 0.795. The normalized spacial score (nSPS) is 10.7. The zero-order chi connectivity index (χ0) is 15.7. The van der Waals surface area contributed by atoms with E-state index in [0.717, 1.165) is 0 Å². The minimum absolute atomic E-state index is 0.00585. The highest BCUT2D eigenvalue weighted by atomic mass is 35.5. The van der Waals surface area contributed by atoms with Gasteiger partial charge in [0, 0.05) is 6.07 Å². The molecule has 2 heterocycles. The molecule has 0 fully saturated rings. The van der Waals surface area contributed by atoms with E-state index < -0.39 is 11.7 Å². The van der Waals surface area contributed by atoms with Gasteiger partial charge in [0.15, 0.2) is 5.82 Å². The van der Waals surface area contributed by atoms with Crippen molar-refractivity contribution in [2.75, 3.05) is 5.32 Å². The fourth-order valence-corrected chi connectivity index (χ4v) is 2.24. The number of nitrogens with one attached hydrogen (secondary N) is 1. The van der Waals surface area contributed by atoms with Crippen LogP contribution in [0.2, 0.25) is 5.02 Å². The lowest BCUT2D eigenvalue weighted by atomic mass is 10.0. The van der Waals surface area contributed by atoms with Crippen molar-refractivity contribution in [3.05, 3.63) is 52.7 Å². The number of carbonyl (C=O) groups is 1. The summed E-state index contributed by atoms with van der Waals surface area (Å²) in [7, 11) is 0. The third kappa shape index (κ3) is 2.46. The first-order valence-corrected chi connectivity index (χ1v) is 6.58. The molecule has 22 heavy (non-hydrogen) atoms. The van der Waals surface area contributed by atoms with E-state index in [1.165, 1.54) is 30.5 Å². The van der Waals surface area contributed by atoms with Crippen molar-refractivity contribution in [3.8, 4) is 11.3 Å². The van der Waals surface area contributed by atoms with Crippen molar-refractivity contribution in [2.45, 2.75) is 6.92 Å². The lowest BCUT2D eigenvalue weighted by molar-refractivity contribution is 0.102. The minimum Gasteiger partial charge on any atom is -0.363 e. The lowest BCUT2D eigenvalue weighted by Crippen LogP contribution is -2.14. The second-order valence-electron chi connectivity index (χ2n) is 4.40. The van der Waals surface area contributed by atoms with Crippen LogP contribution >= 0.6 is 11.6 Å². The van der Waals surface area contributed by atoms with Gasteiger partial charge in [-0.15, -0.1) is 0 Å². The van der Waals surface area contributed by atoms with Crippen LogP contribution in [0.15, 0.2) is 39.6 Å². The molecular weight excluding hydrogens is 313 g/mol. The first kappa shape index (κ1) is 14.3. The van der Waals surface area contributed by atoms with Gasteiger partial charge in [-0.1, -0.05) is 28.0 Å². The van der Waals surface area contributed by atoms with Gasteiger partial charge in [-0.2, -0.15) is 0 Å². The van der Waals surface area contributed by atoms with Gasteiger partial charge in [-0.25, -0.2) is 4.39 Å². The van der Waals surface area contributed by atoms with E-state index in [-0.39, 0.29) is 33.4 Å². The maximum Gasteiger partial charge on any atom is 0.262 e. The van der Waals surface area contributed by atoms with Crippen molar-refractivity contribution < 1.29 is 18.2 Å². The Morgan fingerprint density at radius 1 is 1.32 bits per heavy atom. The Balaban J connectivity index is 2.06. The van der Waals surface area contributed by atoms with Crippen molar-refractivity contribution in [1.29, 1.82) is 0 Å². The minimum atomic E-state index is -0.601. The van der Waals surface area contributed by atoms with E-state index in [1.54, 1.807) is 6.92 Å². The Bertz CT molecular complexity index is 810. The summed E-state index contributed by atoms with van der Waals surface area (Å²) in [6.07, 6.45) is 1.31. The summed E-state index contributed by atoms with van der Waals surface area (Å²) in [4.78, 5) is 12.4. The smallest absolute Gasteiger partial charge is 0.262 e. The highest BCUT2D eigenvalue weighted by molar-refractivity contribution is 6.33. The molecule has 1 amide bonds. The molecular formula is C14H9ClFN3O3.